The van der Waals surface area contributed by atoms with Gasteiger partial charge in [0.15, 0.2) is 0 Å². The number of nitrogens with one attached hydrogen (secondary N) is 3. The van der Waals surface area contributed by atoms with Crippen LogP contribution in [0.1, 0.15) is 17.5 Å². The van der Waals surface area contributed by atoms with Crippen molar-refractivity contribution < 1.29 is 26.8 Å². The van der Waals surface area contributed by atoms with Crippen molar-refractivity contribution in [2.45, 2.75) is 31.8 Å². The smallest absolute Gasteiger partial charge is 0.297 e. The molecule has 2 atom stereocenters. The van der Waals surface area contributed by atoms with Gasteiger partial charge in [-0.05, 0) is 48.4 Å². The lowest BCUT2D eigenvalue weighted by atomic mass is 9.93. The number of halogens is 5. The summed E-state index contributed by atoms with van der Waals surface area (Å²) < 4.78 is 71.1. The van der Waals surface area contributed by atoms with Gasteiger partial charge < -0.3 is 0 Å². The highest BCUT2D eigenvalue weighted by Gasteiger charge is 2.44. The molecule has 3 aromatic carbocycles. The molecule has 0 radical (unpaired) electrons. The fourth-order valence-electron chi connectivity index (χ4n) is 5.48. The number of H-pyrrole nitrogens is 1. The van der Waals surface area contributed by atoms with Gasteiger partial charge >= 0.3 is 6.18 Å². The Morgan fingerprint density at radius 3 is 2.64 bits per heavy atom. The SMILES string of the molecule is Cn1cc2cc(-c3n[nH]c4ccc(CONNC5CC(C(F)(F)F)CN(Cc6c(F)cccc6F)C5)cc34)ccc2n1. The molecule has 220 valence electrons. The molecule has 0 spiro atoms. The van der Waals surface area contributed by atoms with E-state index in [9.17, 15) is 22.0 Å². The summed E-state index contributed by atoms with van der Waals surface area (Å²) >= 11 is 0. The van der Waals surface area contributed by atoms with Crippen LogP contribution in [-0.2, 0) is 25.0 Å². The molecule has 3 heterocycles. The van der Waals surface area contributed by atoms with E-state index in [1.807, 2.05) is 49.6 Å². The molecule has 1 fully saturated rings. The van der Waals surface area contributed by atoms with Gasteiger partial charge in [-0.3, -0.25) is 19.5 Å². The van der Waals surface area contributed by atoms with Crippen LogP contribution in [0.2, 0.25) is 0 Å². The zero-order chi connectivity index (χ0) is 29.4. The average Bonchev–Trinajstić information content (AvgIpc) is 3.54. The first-order valence-corrected chi connectivity index (χ1v) is 13.4. The molecule has 1 saturated heterocycles. The van der Waals surface area contributed by atoms with Crippen molar-refractivity contribution in [2.24, 2.45) is 13.0 Å². The maximum atomic E-state index is 14.2. The van der Waals surface area contributed by atoms with Crippen molar-refractivity contribution in [1.82, 2.24) is 35.9 Å². The third kappa shape index (κ3) is 6.00. The van der Waals surface area contributed by atoms with Crippen LogP contribution in [0.3, 0.4) is 0 Å². The summed E-state index contributed by atoms with van der Waals surface area (Å²) in [6, 6.07) is 14.3. The minimum absolute atomic E-state index is 0.120. The Bertz CT molecular complexity index is 1700. The molecule has 0 amide bonds. The van der Waals surface area contributed by atoms with Crippen molar-refractivity contribution in [3.8, 4) is 11.3 Å². The molecule has 1 aliphatic heterocycles. The number of benzene rings is 3. The van der Waals surface area contributed by atoms with Crippen molar-refractivity contribution in [3.63, 3.8) is 0 Å². The van der Waals surface area contributed by atoms with Crippen LogP contribution < -0.4 is 11.0 Å². The minimum atomic E-state index is -4.45. The number of nitrogens with zero attached hydrogens (tertiary/aromatic N) is 4. The second-order valence-electron chi connectivity index (χ2n) is 10.6. The summed E-state index contributed by atoms with van der Waals surface area (Å²) in [4.78, 5) is 6.95. The maximum absolute atomic E-state index is 14.2. The molecular formula is C29H28F5N7O. The van der Waals surface area contributed by atoms with E-state index in [2.05, 4.69) is 26.3 Å². The third-order valence-electron chi connectivity index (χ3n) is 7.53. The molecule has 2 unspecified atom stereocenters. The number of likely N-dealkylation sites (tertiary alicyclic amines) is 1. The van der Waals surface area contributed by atoms with E-state index >= 15 is 0 Å². The Hall–Kier alpha value is -3.91. The van der Waals surface area contributed by atoms with Gasteiger partial charge in [-0.25, -0.2) is 14.2 Å². The van der Waals surface area contributed by atoms with Crippen LogP contribution in [0.4, 0.5) is 22.0 Å². The number of hydrogen-bond donors (Lipinski definition) is 3. The fraction of sp³-hybridized carbons (Fsp3) is 0.310. The van der Waals surface area contributed by atoms with E-state index in [1.165, 1.54) is 11.0 Å². The van der Waals surface area contributed by atoms with Crippen LogP contribution in [0.15, 0.2) is 60.8 Å². The highest BCUT2D eigenvalue weighted by atomic mass is 19.4. The standard InChI is InChI=1S/C29H28F5N7O/c1-40-12-19-10-18(6-8-26(19)38-40)28-22-9-17(5-7-27(22)36-37-28)16-42-39-35-21-11-20(29(32,33)34)13-41(14-21)15-23-24(30)3-2-4-25(23)31/h2-10,12,20-21,35,39H,11,13-16H2,1H3,(H,36,37). The molecule has 6 rings (SSSR count). The molecule has 0 saturated carbocycles. The second kappa shape index (κ2) is 11.4. The number of aromatic amines is 1. The number of fused-ring (bicyclic) bond motifs is 2. The molecule has 8 nitrogen and oxygen atoms in total. The van der Waals surface area contributed by atoms with E-state index in [-0.39, 0.29) is 38.2 Å². The Balaban J connectivity index is 1.10. The first-order valence-electron chi connectivity index (χ1n) is 13.4. The van der Waals surface area contributed by atoms with Gasteiger partial charge in [0, 0.05) is 60.8 Å². The highest BCUT2D eigenvalue weighted by Crippen LogP contribution is 2.34. The van der Waals surface area contributed by atoms with E-state index in [0.717, 1.165) is 50.8 Å². The molecule has 42 heavy (non-hydrogen) atoms. The quantitative estimate of drug-likeness (QED) is 0.129. The zero-order valence-electron chi connectivity index (χ0n) is 22.6. The van der Waals surface area contributed by atoms with Gasteiger partial charge in [-0.15, -0.1) is 5.59 Å². The first kappa shape index (κ1) is 28.2. The predicted molar refractivity (Wildman–Crippen MR) is 146 cm³/mol. The number of alkyl halides is 3. The lowest BCUT2D eigenvalue weighted by Gasteiger charge is -2.38. The molecule has 5 aromatic rings. The van der Waals surface area contributed by atoms with E-state index in [4.69, 9.17) is 4.84 Å². The van der Waals surface area contributed by atoms with Crippen molar-refractivity contribution >= 4 is 21.8 Å². The van der Waals surface area contributed by atoms with Crippen molar-refractivity contribution in [3.05, 3.63) is 83.6 Å². The Labute approximate surface area is 237 Å². The summed E-state index contributed by atoms with van der Waals surface area (Å²) in [6.07, 6.45) is -2.72. The van der Waals surface area contributed by atoms with Gasteiger partial charge in [0.25, 0.3) is 0 Å². The molecule has 0 aliphatic carbocycles. The molecule has 2 aromatic heterocycles. The zero-order valence-corrected chi connectivity index (χ0v) is 22.6. The Kier molecular flexibility index (Phi) is 7.66. The van der Waals surface area contributed by atoms with Crippen LogP contribution in [0.25, 0.3) is 33.1 Å². The van der Waals surface area contributed by atoms with Crippen LogP contribution >= 0.6 is 0 Å². The average molecular weight is 586 g/mol. The van der Waals surface area contributed by atoms with Gasteiger partial charge in [-0.1, -0.05) is 18.2 Å². The second-order valence-corrected chi connectivity index (χ2v) is 10.6. The lowest BCUT2D eigenvalue weighted by Crippen LogP contribution is -2.55. The normalized spacial score (nSPS) is 18.3. The number of aryl methyl sites for hydroxylation is 1. The number of aromatic nitrogens is 4. The van der Waals surface area contributed by atoms with Crippen molar-refractivity contribution in [1.29, 1.82) is 0 Å². The van der Waals surface area contributed by atoms with E-state index < -0.39 is 29.8 Å². The Morgan fingerprint density at radius 1 is 1.05 bits per heavy atom. The Morgan fingerprint density at radius 2 is 1.86 bits per heavy atom. The maximum Gasteiger partial charge on any atom is 0.393 e. The van der Waals surface area contributed by atoms with E-state index in [0.29, 0.717) is 0 Å². The number of hydrogen-bond acceptors (Lipinski definition) is 6. The molecule has 0 bridgehead atoms. The predicted octanol–water partition coefficient (Wildman–Crippen LogP) is 5.37. The first-order chi connectivity index (χ1) is 20.1. The summed E-state index contributed by atoms with van der Waals surface area (Å²) in [7, 11) is 1.87. The third-order valence-corrected chi connectivity index (χ3v) is 7.53. The van der Waals surface area contributed by atoms with Gasteiger partial charge in [0.1, 0.15) is 11.6 Å². The van der Waals surface area contributed by atoms with Crippen LogP contribution in [0, 0.1) is 17.6 Å². The van der Waals surface area contributed by atoms with Gasteiger partial charge in [0.05, 0.1) is 29.3 Å². The number of hydrazine groups is 1. The fourth-order valence-corrected chi connectivity index (χ4v) is 5.48. The monoisotopic (exact) mass is 585 g/mol. The lowest BCUT2D eigenvalue weighted by molar-refractivity contribution is -0.191. The molecule has 1 aliphatic rings. The van der Waals surface area contributed by atoms with Crippen LogP contribution in [0.5, 0.6) is 0 Å². The summed E-state index contributed by atoms with van der Waals surface area (Å²) in [5.41, 5.74) is 9.36. The largest absolute Gasteiger partial charge is 0.393 e. The number of piperidine rings is 1. The van der Waals surface area contributed by atoms with E-state index in [1.54, 1.807) is 4.68 Å². The van der Waals surface area contributed by atoms with Crippen LogP contribution in [-0.4, -0.2) is 50.2 Å². The number of rotatable bonds is 8. The van der Waals surface area contributed by atoms with Gasteiger partial charge in [-0.2, -0.15) is 23.4 Å². The summed E-state index contributed by atoms with van der Waals surface area (Å²) in [5.74, 6) is -3.23. The highest BCUT2D eigenvalue weighted by molar-refractivity contribution is 5.95. The summed E-state index contributed by atoms with van der Waals surface area (Å²) in [6.45, 7) is -0.362. The molecule has 3 N–H and O–H groups in total. The van der Waals surface area contributed by atoms with Crippen molar-refractivity contribution in [2.75, 3.05) is 13.1 Å². The molecular weight excluding hydrogens is 557 g/mol. The minimum Gasteiger partial charge on any atom is -0.297 e. The topological polar surface area (TPSA) is 83.0 Å². The summed E-state index contributed by atoms with van der Waals surface area (Å²) in [5, 5.41) is 13.8. The van der Waals surface area contributed by atoms with Gasteiger partial charge in [0.2, 0.25) is 0 Å². The molecule has 13 heteroatoms.